The molecule has 0 spiro atoms. The first-order chi connectivity index (χ1) is 10.0. The van der Waals surface area contributed by atoms with Crippen LogP contribution in [0.1, 0.15) is 63.9 Å². The minimum absolute atomic E-state index is 0. The van der Waals surface area contributed by atoms with Crippen molar-refractivity contribution in [3.63, 3.8) is 0 Å². The molecule has 0 saturated carbocycles. The Labute approximate surface area is 185 Å². The quantitative estimate of drug-likeness (QED) is 0.373. The fourth-order valence-electron chi connectivity index (χ4n) is 2.35. The maximum atomic E-state index is 10.8. The average Bonchev–Trinajstić information content (AvgIpc) is 2.42. The molecular formula is C16H28Na2O4S. The molecule has 0 bridgehead atoms. The molecule has 0 aromatic heterocycles. The Hall–Kier alpha value is 0.930. The van der Waals surface area contributed by atoms with E-state index in [9.17, 15) is 8.42 Å². The van der Waals surface area contributed by atoms with Crippen molar-refractivity contribution in [2.75, 3.05) is 0 Å². The molecule has 0 fully saturated rings. The van der Waals surface area contributed by atoms with Gasteiger partial charge in [-0.3, -0.25) is 4.55 Å². The summed E-state index contributed by atoms with van der Waals surface area (Å²) >= 11 is 0. The van der Waals surface area contributed by atoms with Crippen LogP contribution in [0.4, 0.5) is 0 Å². The molecule has 1 rings (SSSR count). The molecule has 0 unspecified atom stereocenters. The predicted octanol–water partition coefficient (Wildman–Crippen LogP) is 3.25. The van der Waals surface area contributed by atoms with Crippen LogP contribution in [0.5, 0.6) is 5.75 Å². The van der Waals surface area contributed by atoms with Crippen molar-refractivity contribution in [1.82, 2.24) is 0 Å². The molecule has 1 N–H and O–H groups in total. The van der Waals surface area contributed by atoms with Crippen LogP contribution in [-0.4, -0.2) is 72.1 Å². The van der Waals surface area contributed by atoms with Crippen molar-refractivity contribution in [3.05, 3.63) is 29.8 Å². The van der Waals surface area contributed by atoms with Crippen molar-refractivity contribution in [1.29, 1.82) is 0 Å². The fraction of sp³-hybridized carbons (Fsp3) is 0.625. The number of rotatable bonds is 11. The van der Waals surface area contributed by atoms with Crippen molar-refractivity contribution >= 4 is 69.5 Å². The molecular weight excluding hydrogens is 334 g/mol. The van der Waals surface area contributed by atoms with Crippen LogP contribution in [0.2, 0.25) is 0 Å². The Morgan fingerprint density at radius 3 is 2.00 bits per heavy atom. The van der Waals surface area contributed by atoms with E-state index in [4.69, 9.17) is 4.55 Å². The summed E-state index contributed by atoms with van der Waals surface area (Å²) in [7, 11) is -4.45. The SMILES string of the molecule is CCCCCCCCCCc1ccccc1OS(=O)(=O)O.[NaH].[NaH]. The van der Waals surface area contributed by atoms with Gasteiger partial charge in [0.25, 0.3) is 0 Å². The third kappa shape index (κ3) is 13.9. The van der Waals surface area contributed by atoms with Crippen molar-refractivity contribution < 1.29 is 17.2 Å². The normalized spacial score (nSPS) is 10.5. The molecule has 7 heteroatoms. The second-order valence-electron chi connectivity index (χ2n) is 5.34. The number of hydrogen-bond acceptors (Lipinski definition) is 3. The van der Waals surface area contributed by atoms with Gasteiger partial charge in [0.15, 0.2) is 0 Å². The monoisotopic (exact) mass is 362 g/mol. The molecule has 1 aromatic carbocycles. The van der Waals surface area contributed by atoms with Crippen molar-refractivity contribution in [2.24, 2.45) is 0 Å². The van der Waals surface area contributed by atoms with E-state index in [0.29, 0.717) is 0 Å². The van der Waals surface area contributed by atoms with Gasteiger partial charge in [0.1, 0.15) is 5.75 Å². The van der Waals surface area contributed by atoms with Gasteiger partial charge in [0, 0.05) is 0 Å². The molecule has 0 saturated heterocycles. The molecule has 23 heavy (non-hydrogen) atoms. The van der Waals surface area contributed by atoms with Crippen LogP contribution < -0.4 is 4.18 Å². The Bertz CT molecular complexity index is 507. The van der Waals surface area contributed by atoms with Gasteiger partial charge in [-0.05, 0) is 24.5 Å². The van der Waals surface area contributed by atoms with E-state index in [1.165, 1.54) is 38.5 Å². The second-order valence-corrected chi connectivity index (χ2v) is 6.37. The van der Waals surface area contributed by atoms with E-state index in [2.05, 4.69) is 11.1 Å². The molecule has 0 aliphatic carbocycles. The van der Waals surface area contributed by atoms with Crippen LogP contribution in [0, 0.1) is 0 Å². The molecule has 124 valence electrons. The summed E-state index contributed by atoms with van der Waals surface area (Å²) in [5, 5.41) is 0. The van der Waals surface area contributed by atoms with Crippen LogP contribution >= 0.6 is 0 Å². The van der Waals surface area contributed by atoms with Crippen LogP contribution in [0.3, 0.4) is 0 Å². The Morgan fingerprint density at radius 2 is 1.43 bits per heavy atom. The molecule has 1 aromatic rings. The van der Waals surface area contributed by atoms with Gasteiger partial charge in [-0.15, -0.1) is 0 Å². The zero-order valence-electron chi connectivity index (χ0n) is 12.8. The van der Waals surface area contributed by atoms with Gasteiger partial charge in [-0.2, -0.15) is 8.42 Å². The summed E-state index contributed by atoms with van der Waals surface area (Å²) in [5.41, 5.74) is 0.820. The summed E-state index contributed by atoms with van der Waals surface area (Å²) in [4.78, 5) is 0. The topological polar surface area (TPSA) is 63.6 Å². The van der Waals surface area contributed by atoms with Crippen LogP contribution in [0.25, 0.3) is 0 Å². The van der Waals surface area contributed by atoms with Gasteiger partial charge in [0.2, 0.25) is 0 Å². The van der Waals surface area contributed by atoms with Crippen molar-refractivity contribution in [3.8, 4) is 5.75 Å². The summed E-state index contributed by atoms with van der Waals surface area (Å²) in [6.07, 6.45) is 10.6. The molecule has 0 radical (unpaired) electrons. The number of unbranched alkanes of at least 4 members (excludes halogenated alkanes) is 7. The first-order valence-corrected chi connectivity index (χ1v) is 9.14. The zero-order valence-corrected chi connectivity index (χ0v) is 13.6. The van der Waals surface area contributed by atoms with E-state index in [1.807, 2.05) is 12.1 Å². The Balaban J connectivity index is 0. The van der Waals surface area contributed by atoms with Crippen LogP contribution in [-0.2, 0) is 16.8 Å². The van der Waals surface area contributed by atoms with E-state index >= 15 is 0 Å². The third-order valence-corrected chi connectivity index (χ3v) is 3.86. The molecule has 0 amide bonds. The van der Waals surface area contributed by atoms with Gasteiger partial charge < -0.3 is 4.18 Å². The van der Waals surface area contributed by atoms with Gasteiger partial charge in [-0.25, -0.2) is 0 Å². The number of para-hydroxylation sites is 1. The van der Waals surface area contributed by atoms with E-state index in [1.54, 1.807) is 12.1 Å². The summed E-state index contributed by atoms with van der Waals surface area (Å²) < 4.78 is 34.9. The first-order valence-electron chi connectivity index (χ1n) is 7.77. The van der Waals surface area contributed by atoms with E-state index in [-0.39, 0.29) is 64.9 Å². The fourth-order valence-corrected chi connectivity index (χ4v) is 2.74. The standard InChI is InChI=1S/C16H26O4S.2Na.2H/c1-2-3-4-5-6-7-8-9-12-15-13-10-11-14-16(15)20-21(17,18)19;;;;/h10-11,13-14H,2-9,12H2,1H3,(H,17,18,19);;;;. The molecule has 0 heterocycles. The van der Waals surface area contributed by atoms with Gasteiger partial charge in [0.05, 0.1) is 0 Å². The first kappa shape index (κ1) is 26.2. The van der Waals surface area contributed by atoms with Crippen molar-refractivity contribution in [2.45, 2.75) is 64.7 Å². The number of aryl methyl sites for hydroxylation is 1. The van der Waals surface area contributed by atoms with Gasteiger partial charge >= 0.3 is 69.5 Å². The van der Waals surface area contributed by atoms with E-state index < -0.39 is 10.4 Å². The summed E-state index contributed by atoms with van der Waals surface area (Å²) in [6.45, 7) is 2.21. The number of benzene rings is 1. The summed E-state index contributed by atoms with van der Waals surface area (Å²) in [5.74, 6) is 0.225. The molecule has 0 aliphatic heterocycles. The average molecular weight is 362 g/mol. The Kier molecular flexibility index (Phi) is 17.3. The van der Waals surface area contributed by atoms with Crippen LogP contribution in [0.15, 0.2) is 24.3 Å². The third-order valence-electron chi connectivity index (χ3n) is 3.47. The zero-order chi connectivity index (χ0) is 15.6. The predicted molar refractivity (Wildman–Crippen MR) is 99.2 cm³/mol. The second kappa shape index (κ2) is 15.2. The summed E-state index contributed by atoms with van der Waals surface area (Å²) in [6, 6.07) is 6.93. The van der Waals surface area contributed by atoms with Gasteiger partial charge in [-0.1, -0.05) is 70.1 Å². The minimum atomic E-state index is -4.45. The maximum absolute atomic E-state index is 10.8. The molecule has 4 nitrogen and oxygen atoms in total. The van der Waals surface area contributed by atoms with E-state index in [0.717, 1.165) is 24.8 Å². The Morgan fingerprint density at radius 1 is 0.913 bits per heavy atom. The molecule has 0 atom stereocenters. The molecule has 0 aliphatic rings. The number of hydrogen-bond donors (Lipinski definition) is 1.